The van der Waals surface area contributed by atoms with Gasteiger partial charge in [0.1, 0.15) is 5.75 Å². The molecule has 3 aromatic rings. The topological polar surface area (TPSA) is 60.2 Å². The normalized spacial score (nSPS) is 13.3. The number of thioether (sulfide) groups is 1. The van der Waals surface area contributed by atoms with Crippen molar-refractivity contribution in [2.75, 3.05) is 19.4 Å². The van der Waals surface area contributed by atoms with E-state index in [4.69, 9.17) is 16.3 Å². The van der Waals surface area contributed by atoms with Crippen LogP contribution in [-0.4, -0.2) is 51.0 Å². The van der Waals surface area contributed by atoms with Crippen molar-refractivity contribution in [1.82, 2.24) is 19.7 Å². The van der Waals surface area contributed by atoms with E-state index < -0.39 is 0 Å². The Bertz CT molecular complexity index is 1020. The van der Waals surface area contributed by atoms with E-state index in [0.29, 0.717) is 27.8 Å². The van der Waals surface area contributed by atoms with Crippen molar-refractivity contribution < 1.29 is 9.53 Å². The van der Waals surface area contributed by atoms with E-state index in [1.54, 1.807) is 7.11 Å². The average molecular weight is 443 g/mol. The Morgan fingerprint density at radius 1 is 1.17 bits per heavy atom. The SMILES string of the molecule is CCN(C(=O)CSc1nnc(-c2ccc(Cl)cc2)n1-c1ccc(OC)cc1)C1CC1. The minimum Gasteiger partial charge on any atom is -0.497 e. The molecule has 1 aliphatic carbocycles. The number of carbonyl (C=O) groups excluding carboxylic acids is 1. The van der Waals surface area contributed by atoms with Crippen molar-refractivity contribution in [1.29, 1.82) is 0 Å². The summed E-state index contributed by atoms with van der Waals surface area (Å²) >= 11 is 7.46. The minimum atomic E-state index is 0.141. The molecule has 156 valence electrons. The van der Waals surface area contributed by atoms with Gasteiger partial charge in [-0.15, -0.1) is 10.2 Å². The smallest absolute Gasteiger partial charge is 0.233 e. The van der Waals surface area contributed by atoms with E-state index >= 15 is 0 Å². The van der Waals surface area contributed by atoms with Gasteiger partial charge < -0.3 is 9.64 Å². The molecule has 0 unspecified atom stereocenters. The van der Waals surface area contributed by atoms with Crippen LogP contribution in [0.2, 0.25) is 5.02 Å². The minimum absolute atomic E-state index is 0.141. The first-order chi connectivity index (χ1) is 14.6. The molecule has 1 heterocycles. The predicted molar refractivity (Wildman–Crippen MR) is 119 cm³/mol. The number of amides is 1. The zero-order valence-corrected chi connectivity index (χ0v) is 18.5. The number of hydrogen-bond acceptors (Lipinski definition) is 5. The molecule has 0 spiro atoms. The summed E-state index contributed by atoms with van der Waals surface area (Å²) < 4.78 is 7.25. The highest BCUT2D eigenvalue weighted by molar-refractivity contribution is 7.99. The molecule has 1 amide bonds. The summed E-state index contributed by atoms with van der Waals surface area (Å²) in [7, 11) is 1.64. The number of rotatable bonds is 8. The Kier molecular flexibility index (Phi) is 6.29. The third kappa shape index (κ3) is 4.47. The van der Waals surface area contributed by atoms with Gasteiger partial charge in [-0.2, -0.15) is 0 Å². The van der Waals surface area contributed by atoms with Gasteiger partial charge in [0.15, 0.2) is 11.0 Å². The van der Waals surface area contributed by atoms with Crippen LogP contribution in [-0.2, 0) is 4.79 Å². The summed E-state index contributed by atoms with van der Waals surface area (Å²) in [6, 6.07) is 15.6. The Balaban J connectivity index is 1.65. The summed E-state index contributed by atoms with van der Waals surface area (Å²) in [6.07, 6.45) is 2.21. The highest BCUT2D eigenvalue weighted by Crippen LogP contribution is 2.31. The fraction of sp³-hybridized carbons (Fsp3) is 0.318. The van der Waals surface area contributed by atoms with Crippen molar-refractivity contribution in [2.24, 2.45) is 0 Å². The fourth-order valence-corrected chi connectivity index (χ4v) is 4.31. The van der Waals surface area contributed by atoms with Crippen LogP contribution < -0.4 is 4.74 Å². The van der Waals surface area contributed by atoms with Crippen LogP contribution >= 0.6 is 23.4 Å². The molecule has 0 aliphatic heterocycles. The van der Waals surface area contributed by atoms with Gasteiger partial charge >= 0.3 is 0 Å². The van der Waals surface area contributed by atoms with Gasteiger partial charge in [-0.1, -0.05) is 23.4 Å². The molecule has 30 heavy (non-hydrogen) atoms. The van der Waals surface area contributed by atoms with Crippen LogP contribution in [0.15, 0.2) is 53.7 Å². The molecule has 0 bridgehead atoms. The quantitative estimate of drug-likeness (QED) is 0.473. The molecule has 1 fully saturated rings. The molecule has 1 aromatic heterocycles. The molecule has 6 nitrogen and oxygen atoms in total. The third-order valence-corrected chi connectivity index (χ3v) is 6.21. The molecule has 0 atom stereocenters. The number of hydrogen-bond donors (Lipinski definition) is 0. The molecule has 1 saturated carbocycles. The highest BCUT2D eigenvalue weighted by atomic mass is 35.5. The van der Waals surface area contributed by atoms with Crippen LogP contribution in [0.5, 0.6) is 5.75 Å². The maximum Gasteiger partial charge on any atom is 0.233 e. The molecular weight excluding hydrogens is 420 g/mol. The Hall–Kier alpha value is -2.51. The lowest BCUT2D eigenvalue weighted by molar-refractivity contribution is -0.128. The number of nitrogens with zero attached hydrogens (tertiary/aromatic N) is 4. The second-order valence-corrected chi connectivity index (χ2v) is 8.43. The zero-order valence-electron chi connectivity index (χ0n) is 16.9. The van der Waals surface area contributed by atoms with Crippen LogP contribution in [0, 0.1) is 0 Å². The van der Waals surface area contributed by atoms with Crippen molar-refractivity contribution in [3.8, 4) is 22.8 Å². The number of halogens is 1. The van der Waals surface area contributed by atoms with E-state index in [2.05, 4.69) is 10.2 Å². The molecule has 0 radical (unpaired) electrons. The highest BCUT2D eigenvalue weighted by Gasteiger charge is 2.31. The first-order valence-corrected chi connectivity index (χ1v) is 11.2. The van der Waals surface area contributed by atoms with Gasteiger partial charge in [0.2, 0.25) is 5.91 Å². The van der Waals surface area contributed by atoms with Gasteiger partial charge in [-0.25, -0.2) is 0 Å². The summed E-state index contributed by atoms with van der Waals surface area (Å²) in [5, 5.41) is 10.1. The van der Waals surface area contributed by atoms with E-state index in [9.17, 15) is 4.79 Å². The maximum atomic E-state index is 12.7. The monoisotopic (exact) mass is 442 g/mol. The van der Waals surface area contributed by atoms with E-state index in [0.717, 1.165) is 36.4 Å². The second-order valence-electron chi connectivity index (χ2n) is 7.05. The molecule has 2 aromatic carbocycles. The molecule has 8 heteroatoms. The average Bonchev–Trinajstić information content (AvgIpc) is 3.51. The maximum absolute atomic E-state index is 12.7. The summed E-state index contributed by atoms with van der Waals surface area (Å²) in [5.74, 6) is 1.94. The van der Waals surface area contributed by atoms with Gasteiger partial charge in [-0.3, -0.25) is 9.36 Å². The number of carbonyl (C=O) groups is 1. The van der Waals surface area contributed by atoms with Crippen molar-refractivity contribution in [2.45, 2.75) is 31.0 Å². The van der Waals surface area contributed by atoms with Crippen molar-refractivity contribution >= 4 is 29.3 Å². The van der Waals surface area contributed by atoms with Crippen LogP contribution in [0.4, 0.5) is 0 Å². The lowest BCUT2D eigenvalue weighted by atomic mass is 10.2. The standard InChI is InChI=1S/C22H23ClN4O2S/c1-3-26(17-8-9-17)20(28)14-30-22-25-24-21(15-4-6-16(23)7-5-15)27(22)18-10-12-19(29-2)13-11-18/h4-7,10-13,17H,3,8-9,14H2,1-2H3. The predicted octanol–water partition coefficient (Wildman–Crippen LogP) is 4.70. The van der Waals surface area contributed by atoms with E-state index in [1.807, 2.05) is 64.9 Å². The van der Waals surface area contributed by atoms with Gasteiger partial charge in [0.25, 0.3) is 0 Å². The second kappa shape index (κ2) is 9.10. The number of aromatic nitrogens is 3. The summed E-state index contributed by atoms with van der Waals surface area (Å²) in [5.41, 5.74) is 1.80. The lowest BCUT2D eigenvalue weighted by Gasteiger charge is -2.20. The first-order valence-electron chi connectivity index (χ1n) is 9.88. The molecule has 0 N–H and O–H groups in total. The van der Waals surface area contributed by atoms with Crippen molar-refractivity contribution in [3.63, 3.8) is 0 Å². The van der Waals surface area contributed by atoms with E-state index in [1.165, 1.54) is 11.8 Å². The Morgan fingerprint density at radius 2 is 1.87 bits per heavy atom. The van der Waals surface area contributed by atoms with Gasteiger partial charge in [0, 0.05) is 28.9 Å². The van der Waals surface area contributed by atoms with Crippen molar-refractivity contribution in [3.05, 3.63) is 53.6 Å². The van der Waals surface area contributed by atoms with Crippen LogP contribution in [0.1, 0.15) is 19.8 Å². The molecule has 1 aliphatic rings. The number of ether oxygens (including phenoxy) is 1. The lowest BCUT2D eigenvalue weighted by Crippen LogP contribution is -2.34. The van der Waals surface area contributed by atoms with Gasteiger partial charge in [0.05, 0.1) is 12.9 Å². The number of methoxy groups -OCH3 is 1. The van der Waals surface area contributed by atoms with Crippen LogP contribution in [0.3, 0.4) is 0 Å². The largest absolute Gasteiger partial charge is 0.497 e. The first kappa shape index (κ1) is 20.8. The van der Waals surface area contributed by atoms with Gasteiger partial charge in [-0.05, 0) is 68.3 Å². The number of benzene rings is 2. The third-order valence-electron chi connectivity index (χ3n) is 5.04. The van der Waals surface area contributed by atoms with E-state index in [-0.39, 0.29) is 5.91 Å². The zero-order chi connectivity index (χ0) is 21.1. The Labute approximate surface area is 185 Å². The fourth-order valence-electron chi connectivity index (χ4n) is 3.35. The molecule has 4 rings (SSSR count). The summed E-state index contributed by atoms with van der Waals surface area (Å²) in [6.45, 7) is 2.77. The molecule has 0 saturated heterocycles. The molecular formula is C22H23ClN4O2S. The Morgan fingerprint density at radius 3 is 2.47 bits per heavy atom. The summed E-state index contributed by atoms with van der Waals surface area (Å²) in [4.78, 5) is 14.7. The van der Waals surface area contributed by atoms with Crippen LogP contribution in [0.25, 0.3) is 17.1 Å².